The fourth-order valence-electron chi connectivity index (χ4n) is 2.67. The van der Waals surface area contributed by atoms with Crippen LogP contribution < -0.4 is 5.32 Å². The van der Waals surface area contributed by atoms with Gasteiger partial charge < -0.3 is 5.32 Å². The van der Waals surface area contributed by atoms with Crippen molar-refractivity contribution in [3.8, 4) is 0 Å². The molecular formula is C22H20ClNOS. The molecule has 132 valence electrons. The molecule has 1 N–H and O–H groups in total. The van der Waals surface area contributed by atoms with Crippen molar-refractivity contribution in [3.05, 3.63) is 101 Å². The van der Waals surface area contributed by atoms with Crippen LogP contribution in [0.15, 0.2) is 78.9 Å². The molecule has 0 atom stereocenters. The first-order valence-corrected chi connectivity index (χ1v) is 9.83. The van der Waals surface area contributed by atoms with Crippen LogP contribution in [0.1, 0.15) is 21.9 Å². The number of thioether (sulfide) groups is 1. The minimum Gasteiger partial charge on any atom is -0.325 e. The van der Waals surface area contributed by atoms with E-state index >= 15 is 0 Å². The molecule has 0 bridgehead atoms. The summed E-state index contributed by atoms with van der Waals surface area (Å²) in [4.78, 5) is 12.4. The summed E-state index contributed by atoms with van der Waals surface area (Å²) in [6, 6.07) is 26.1. The van der Waals surface area contributed by atoms with Gasteiger partial charge in [0.15, 0.2) is 0 Å². The third kappa shape index (κ3) is 4.90. The van der Waals surface area contributed by atoms with Gasteiger partial charge in [0, 0.05) is 10.7 Å². The highest BCUT2D eigenvalue weighted by molar-refractivity contribution is 8.00. The number of nitrogens with one attached hydrogen (secondary N) is 1. The van der Waals surface area contributed by atoms with Crippen LogP contribution in [0.25, 0.3) is 0 Å². The smallest absolute Gasteiger partial charge is 0.234 e. The van der Waals surface area contributed by atoms with E-state index < -0.39 is 0 Å². The van der Waals surface area contributed by atoms with Gasteiger partial charge in [-0.2, -0.15) is 0 Å². The molecule has 3 aromatic rings. The van der Waals surface area contributed by atoms with E-state index in [1.54, 1.807) is 17.8 Å². The molecule has 0 saturated heterocycles. The number of halogens is 1. The number of hydrogen-bond acceptors (Lipinski definition) is 2. The number of carbonyl (C=O) groups is 1. The van der Waals surface area contributed by atoms with Gasteiger partial charge in [-0.3, -0.25) is 4.79 Å². The lowest BCUT2D eigenvalue weighted by molar-refractivity contribution is -0.113. The van der Waals surface area contributed by atoms with Crippen LogP contribution >= 0.6 is 23.4 Å². The molecule has 0 saturated carbocycles. The number of rotatable bonds is 6. The highest BCUT2D eigenvalue weighted by Gasteiger charge is 2.16. The Bertz CT molecular complexity index is 828. The van der Waals surface area contributed by atoms with Crippen molar-refractivity contribution in [2.45, 2.75) is 12.2 Å². The first-order chi connectivity index (χ1) is 12.6. The SMILES string of the molecule is Cc1ccc(NC(=O)CSC(c2ccccc2)c2ccccc2)cc1Cl. The minimum atomic E-state index is -0.0354. The zero-order valence-corrected chi connectivity index (χ0v) is 16.1. The molecule has 0 unspecified atom stereocenters. The van der Waals surface area contributed by atoms with Gasteiger partial charge >= 0.3 is 0 Å². The monoisotopic (exact) mass is 381 g/mol. The molecule has 4 heteroatoms. The van der Waals surface area contributed by atoms with Crippen LogP contribution in [-0.2, 0) is 4.79 Å². The normalized spacial score (nSPS) is 10.7. The largest absolute Gasteiger partial charge is 0.325 e. The van der Waals surface area contributed by atoms with Gasteiger partial charge in [-0.15, -0.1) is 11.8 Å². The standard InChI is InChI=1S/C22H20ClNOS/c1-16-12-13-19(14-20(16)23)24-21(25)15-26-22(17-8-4-2-5-9-17)18-10-6-3-7-11-18/h2-14,22H,15H2,1H3,(H,24,25). The third-order valence-electron chi connectivity index (χ3n) is 4.04. The van der Waals surface area contributed by atoms with Gasteiger partial charge in [0.1, 0.15) is 0 Å². The Morgan fingerprint density at radius 3 is 2.08 bits per heavy atom. The molecular weight excluding hydrogens is 362 g/mol. The summed E-state index contributed by atoms with van der Waals surface area (Å²) in [7, 11) is 0. The van der Waals surface area contributed by atoms with E-state index in [0.717, 1.165) is 11.3 Å². The van der Waals surface area contributed by atoms with E-state index in [1.165, 1.54) is 11.1 Å². The van der Waals surface area contributed by atoms with Gasteiger partial charge in [-0.25, -0.2) is 0 Å². The van der Waals surface area contributed by atoms with Gasteiger partial charge in [0.2, 0.25) is 5.91 Å². The van der Waals surface area contributed by atoms with Crippen LogP contribution in [0.4, 0.5) is 5.69 Å². The fraction of sp³-hybridized carbons (Fsp3) is 0.136. The van der Waals surface area contributed by atoms with Crippen molar-refractivity contribution < 1.29 is 4.79 Å². The van der Waals surface area contributed by atoms with Crippen LogP contribution in [0, 0.1) is 6.92 Å². The number of hydrogen-bond donors (Lipinski definition) is 1. The van der Waals surface area contributed by atoms with Crippen LogP contribution in [-0.4, -0.2) is 11.7 Å². The van der Waals surface area contributed by atoms with Crippen molar-refractivity contribution in [3.63, 3.8) is 0 Å². The molecule has 0 aliphatic carbocycles. The Morgan fingerprint density at radius 1 is 0.962 bits per heavy atom. The lowest BCUT2D eigenvalue weighted by Crippen LogP contribution is -2.15. The lowest BCUT2D eigenvalue weighted by Gasteiger charge is -2.17. The Balaban J connectivity index is 1.69. The van der Waals surface area contributed by atoms with Gasteiger partial charge in [-0.1, -0.05) is 78.3 Å². The van der Waals surface area contributed by atoms with Gasteiger partial charge in [0.25, 0.3) is 0 Å². The zero-order chi connectivity index (χ0) is 18.4. The quantitative estimate of drug-likeness (QED) is 0.558. The van der Waals surface area contributed by atoms with Crippen LogP contribution in [0.5, 0.6) is 0 Å². The Morgan fingerprint density at radius 2 is 1.54 bits per heavy atom. The molecule has 0 heterocycles. The fourth-order valence-corrected chi connectivity index (χ4v) is 3.94. The second kappa shape index (κ2) is 8.93. The number of anilines is 1. The minimum absolute atomic E-state index is 0.0354. The summed E-state index contributed by atoms with van der Waals surface area (Å²) in [6.07, 6.45) is 0. The Labute approximate surface area is 163 Å². The van der Waals surface area contributed by atoms with Crippen LogP contribution in [0.2, 0.25) is 5.02 Å². The molecule has 3 aromatic carbocycles. The topological polar surface area (TPSA) is 29.1 Å². The van der Waals surface area contributed by atoms with Crippen molar-refractivity contribution in [2.24, 2.45) is 0 Å². The first-order valence-electron chi connectivity index (χ1n) is 8.41. The molecule has 0 aliphatic heterocycles. The molecule has 0 aromatic heterocycles. The summed E-state index contributed by atoms with van der Waals surface area (Å²) in [6.45, 7) is 1.94. The maximum atomic E-state index is 12.4. The molecule has 0 spiro atoms. The molecule has 2 nitrogen and oxygen atoms in total. The second-order valence-electron chi connectivity index (χ2n) is 6.02. The average Bonchev–Trinajstić information content (AvgIpc) is 2.67. The lowest BCUT2D eigenvalue weighted by atomic mass is 10.0. The van der Waals surface area contributed by atoms with Crippen molar-refractivity contribution in [1.82, 2.24) is 0 Å². The number of carbonyl (C=O) groups excluding carboxylic acids is 1. The van der Waals surface area contributed by atoms with Crippen LogP contribution in [0.3, 0.4) is 0 Å². The maximum absolute atomic E-state index is 12.4. The first kappa shape index (κ1) is 18.6. The third-order valence-corrected chi connectivity index (χ3v) is 5.76. The van der Waals surface area contributed by atoms with E-state index in [9.17, 15) is 4.79 Å². The highest BCUT2D eigenvalue weighted by Crippen LogP contribution is 2.35. The molecule has 1 amide bonds. The predicted octanol–water partition coefficient (Wildman–Crippen LogP) is 6.11. The van der Waals surface area contributed by atoms with Gasteiger partial charge in [-0.05, 0) is 35.7 Å². The van der Waals surface area contributed by atoms with Gasteiger partial charge in [0.05, 0.1) is 11.0 Å². The number of benzene rings is 3. The zero-order valence-electron chi connectivity index (χ0n) is 14.5. The summed E-state index contributed by atoms with van der Waals surface area (Å²) >= 11 is 7.75. The number of aryl methyl sites for hydroxylation is 1. The second-order valence-corrected chi connectivity index (χ2v) is 7.53. The summed E-state index contributed by atoms with van der Waals surface area (Å²) < 4.78 is 0. The molecule has 0 aliphatic rings. The maximum Gasteiger partial charge on any atom is 0.234 e. The molecule has 3 rings (SSSR count). The van der Waals surface area contributed by atoms with E-state index in [-0.39, 0.29) is 11.2 Å². The molecule has 0 radical (unpaired) electrons. The summed E-state index contributed by atoms with van der Waals surface area (Å²) in [5.41, 5.74) is 4.10. The Hall–Kier alpha value is -2.23. The number of amides is 1. The van der Waals surface area contributed by atoms with E-state index in [1.807, 2.05) is 55.5 Å². The van der Waals surface area contributed by atoms with Crippen molar-refractivity contribution >= 4 is 35.0 Å². The van der Waals surface area contributed by atoms with Crippen molar-refractivity contribution in [2.75, 3.05) is 11.1 Å². The average molecular weight is 382 g/mol. The Kier molecular flexibility index (Phi) is 6.37. The van der Waals surface area contributed by atoms with E-state index in [2.05, 4.69) is 29.6 Å². The summed E-state index contributed by atoms with van der Waals surface area (Å²) in [5, 5.41) is 3.69. The van der Waals surface area contributed by atoms with Crippen molar-refractivity contribution in [1.29, 1.82) is 0 Å². The highest BCUT2D eigenvalue weighted by atomic mass is 35.5. The van der Waals surface area contributed by atoms with E-state index in [0.29, 0.717) is 10.8 Å². The van der Waals surface area contributed by atoms with E-state index in [4.69, 9.17) is 11.6 Å². The predicted molar refractivity (Wildman–Crippen MR) is 112 cm³/mol. The molecule has 0 fully saturated rings. The molecule has 26 heavy (non-hydrogen) atoms. The summed E-state index contributed by atoms with van der Waals surface area (Å²) in [5.74, 6) is 0.326.